The van der Waals surface area contributed by atoms with Gasteiger partial charge in [-0.05, 0) is 24.7 Å². The molecule has 3 N–H and O–H groups in total. The van der Waals surface area contributed by atoms with E-state index < -0.39 is 34.2 Å². The van der Waals surface area contributed by atoms with Crippen LogP contribution in [0.2, 0.25) is 0 Å². The molecule has 0 aliphatic heterocycles. The van der Waals surface area contributed by atoms with Crippen molar-refractivity contribution in [2.75, 3.05) is 0 Å². The Bertz CT molecular complexity index is 404. The van der Waals surface area contributed by atoms with Gasteiger partial charge in [0.2, 0.25) is 0 Å². The summed E-state index contributed by atoms with van der Waals surface area (Å²) >= 11 is 0. The quantitative estimate of drug-likeness (QED) is 0.647. The van der Waals surface area contributed by atoms with E-state index in [9.17, 15) is 29.7 Å². The Kier molecular flexibility index (Phi) is 4.99. The molecule has 0 fully saturated rings. The zero-order chi connectivity index (χ0) is 16.5. The van der Waals surface area contributed by atoms with E-state index in [0.29, 0.717) is 0 Å². The van der Waals surface area contributed by atoms with Gasteiger partial charge in [-0.15, -0.1) is 0 Å². The lowest BCUT2D eigenvalue weighted by atomic mass is 9.50. The van der Waals surface area contributed by atoms with Crippen molar-refractivity contribution in [2.45, 2.75) is 48.0 Å². The average Bonchev–Trinajstić information content (AvgIpc) is 2.21. The minimum absolute atomic E-state index is 0.0407. The molecule has 0 heterocycles. The van der Waals surface area contributed by atoms with Crippen LogP contribution >= 0.6 is 0 Å². The molecule has 6 heteroatoms. The first-order valence-electron chi connectivity index (χ1n) is 6.45. The van der Waals surface area contributed by atoms with Crippen molar-refractivity contribution in [2.24, 2.45) is 22.2 Å². The lowest BCUT2D eigenvalue weighted by molar-refractivity contribution is -0.198. The van der Waals surface area contributed by atoms with Gasteiger partial charge in [0.25, 0.3) is 0 Å². The molecule has 0 spiro atoms. The fraction of sp³-hybridized carbons (Fsp3) is 0.786. The molecule has 6 nitrogen and oxygen atoms in total. The van der Waals surface area contributed by atoms with Crippen LogP contribution in [-0.2, 0) is 14.4 Å². The van der Waals surface area contributed by atoms with Crippen molar-refractivity contribution in [3.8, 4) is 0 Å². The molecule has 0 rings (SSSR count). The normalized spacial score (nSPS) is 15.8. The molecule has 0 aromatic rings. The maximum absolute atomic E-state index is 11.9. The third-order valence-corrected chi connectivity index (χ3v) is 4.07. The highest BCUT2D eigenvalue weighted by Crippen LogP contribution is 2.56. The van der Waals surface area contributed by atoms with Crippen LogP contribution in [0, 0.1) is 22.2 Å². The summed E-state index contributed by atoms with van der Waals surface area (Å²) in [5, 5.41) is 28.6. The van der Waals surface area contributed by atoms with Crippen LogP contribution in [0.3, 0.4) is 0 Å². The smallest absolute Gasteiger partial charge is 0.321 e. The molecule has 1 unspecified atom stereocenters. The maximum Gasteiger partial charge on any atom is 0.321 e. The molecule has 0 aliphatic rings. The van der Waals surface area contributed by atoms with Gasteiger partial charge in [-0.3, -0.25) is 14.4 Å². The number of carbonyl (C=O) groups is 3. The van der Waals surface area contributed by atoms with Gasteiger partial charge >= 0.3 is 17.9 Å². The summed E-state index contributed by atoms with van der Waals surface area (Å²) in [6.45, 7) is 9.16. The number of rotatable bonds is 6. The molecule has 0 aromatic heterocycles. The van der Waals surface area contributed by atoms with Gasteiger partial charge in [-0.1, -0.05) is 34.6 Å². The SMILES string of the molecule is CC(C)CC(C(=O)O)(C(C)(C)C)C(C)(C(=O)O)C(=O)O. The van der Waals surface area contributed by atoms with Gasteiger partial charge in [0, 0.05) is 0 Å². The monoisotopic (exact) mass is 288 g/mol. The molecule has 0 aliphatic carbocycles. The van der Waals surface area contributed by atoms with Gasteiger partial charge in [-0.25, -0.2) is 0 Å². The first kappa shape index (κ1) is 18.4. The summed E-state index contributed by atoms with van der Waals surface area (Å²) in [6.07, 6.45) is -0.0407. The summed E-state index contributed by atoms with van der Waals surface area (Å²) in [4.78, 5) is 35.1. The van der Waals surface area contributed by atoms with Crippen LogP contribution in [0.1, 0.15) is 48.0 Å². The number of hydrogen-bond donors (Lipinski definition) is 3. The first-order valence-corrected chi connectivity index (χ1v) is 6.45. The second kappa shape index (κ2) is 5.42. The van der Waals surface area contributed by atoms with Crippen LogP contribution in [0.25, 0.3) is 0 Å². The van der Waals surface area contributed by atoms with Crippen molar-refractivity contribution < 1.29 is 29.7 Å². The Morgan fingerprint density at radius 2 is 1.20 bits per heavy atom. The molecule has 0 amide bonds. The zero-order valence-electron chi connectivity index (χ0n) is 12.9. The fourth-order valence-corrected chi connectivity index (χ4v) is 2.95. The Balaban J connectivity index is 6.58. The Labute approximate surface area is 118 Å². The Morgan fingerprint density at radius 3 is 1.35 bits per heavy atom. The second-order valence-corrected chi connectivity index (χ2v) is 6.79. The molecule has 0 bridgehead atoms. The second-order valence-electron chi connectivity index (χ2n) is 6.79. The van der Waals surface area contributed by atoms with Gasteiger partial charge in [0.1, 0.15) is 0 Å². The average molecular weight is 288 g/mol. The van der Waals surface area contributed by atoms with Crippen molar-refractivity contribution in [1.82, 2.24) is 0 Å². The first-order chi connectivity index (χ1) is 8.75. The van der Waals surface area contributed by atoms with Crippen molar-refractivity contribution >= 4 is 17.9 Å². The van der Waals surface area contributed by atoms with Gasteiger partial charge < -0.3 is 15.3 Å². The molecular formula is C14H24O6. The predicted molar refractivity (Wildman–Crippen MR) is 72.4 cm³/mol. The third-order valence-electron chi connectivity index (χ3n) is 4.07. The lowest BCUT2D eigenvalue weighted by Gasteiger charge is -2.49. The molecule has 0 radical (unpaired) electrons. The molecule has 0 saturated carbocycles. The lowest BCUT2D eigenvalue weighted by Crippen LogP contribution is -2.61. The van der Waals surface area contributed by atoms with Crippen LogP contribution in [0.4, 0.5) is 0 Å². The van der Waals surface area contributed by atoms with Crippen molar-refractivity contribution in [3.63, 3.8) is 0 Å². The molecular weight excluding hydrogens is 264 g/mol. The molecule has 116 valence electrons. The highest BCUT2D eigenvalue weighted by atomic mass is 16.4. The molecule has 0 aromatic carbocycles. The Hall–Kier alpha value is -1.59. The van der Waals surface area contributed by atoms with Gasteiger partial charge in [0.05, 0.1) is 5.41 Å². The van der Waals surface area contributed by atoms with Crippen molar-refractivity contribution in [3.05, 3.63) is 0 Å². The highest BCUT2D eigenvalue weighted by molar-refractivity contribution is 6.03. The largest absolute Gasteiger partial charge is 0.481 e. The van der Waals surface area contributed by atoms with Crippen molar-refractivity contribution in [1.29, 1.82) is 0 Å². The van der Waals surface area contributed by atoms with Crippen LogP contribution in [-0.4, -0.2) is 33.2 Å². The highest BCUT2D eigenvalue weighted by Gasteiger charge is 2.68. The van der Waals surface area contributed by atoms with E-state index in [1.807, 2.05) is 0 Å². The zero-order valence-corrected chi connectivity index (χ0v) is 12.9. The maximum atomic E-state index is 11.9. The fourth-order valence-electron chi connectivity index (χ4n) is 2.95. The molecule has 20 heavy (non-hydrogen) atoms. The van der Waals surface area contributed by atoms with Gasteiger partial charge in [-0.2, -0.15) is 0 Å². The summed E-state index contributed by atoms with van der Waals surface area (Å²) in [7, 11) is 0. The number of hydrogen-bond acceptors (Lipinski definition) is 3. The minimum Gasteiger partial charge on any atom is -0.481 e. The van der Waals surface area contributed by atoms with E-state index in [4.69, 9.17) is 0 Å². The van der Waals surface area contributed by atoms with E-state index in [1.165, 1.54) is 0 Å². The Morgan fingerprint density at radius 1 is 0.850 bits per heavy atom. The number of aliphatic carboxylic acids is 3. The van der Waals surface area contributed by atoms with E-state index in [1.54, 1.807) is 34.6 Å². The van der Waals surface area contributed by atoms with Crippen LogP contribution < -0.4 is 0 Å². The minimum atomic E-state index is -2.42. The summed E-state index contributed by atoms with van der Waals surface area (Å²) in [5.74, 6) is -4.83. The van der Waals surface area contributed by atoms with E-state index >= 15 is 0 Å². The molecule has 1 atom stereocenters. The summed E-state index contributed by atoms with van der Waals surface area (Å²) in [5.41, 5.74) is -5.39. The van der Waals surface area contributed by atoms with Gasteiger partial charge in [0.15, 0.2) is 5.41 Å². The topological polar surface area (TPSA) is 112 Å². The summed E-state index contributed by atoms with van der Waals surface area (Å²) < 4.78 is 0. The van der Waals surface area contributed by atoms with E-state index in [0.717, 1.165) is 6.92 Å². The van der Waals surface area contributed by atoms with E-state index in [-0.39, 0.29) is 12.3 Å². The predicted octanol–water partition coefficient (Wildman–Crippen LogP) is 2.33. The van der Waals surface area contributed by atoms with Crippen LogP contribution in [0.15, 0.2) is 0 Å². The third kappa shape index (κ3) is 2.51. The number of carboxylic acids is 3. The van der Waals surface area contributed by atoms with Crippen LogP contribution in [0.5, 0.6) is 0 Å². The molecule has 0 saturated heterocycles. The standard InChI is InChI=1S/C14H24O6/c1-8(2)7-14(11(19)20,12(3,4)5)13(6,9(15)16)10(17)18/h8H,7H2,1-6H3,(H,15,16)(H,17,18)(H,19,20). The number of carboxylic acid groups (broad SMARTS) is 3. The van der Waals surface area contributed by atoms with E-state index in [2.05, 4.69) is 0 Å². The summed E-state index contributed by atoms with van der Waals surface area (Å²) in [6, 6.07) is 0.